The van der Waals surface area contributed by atoms with Gasteiger partial charge in [0.15, 0.2) is 0 Å². The fourth-order valence-corrected chi connectivity index (χ4v) is 5.86. The highest BCUT2D eigenvalue weighted by molar-refractivity contribution is 5.69. The van der Waals surface area contributed by atoms with E-state index in [1.165, 1.54) is 116 Å². The third kappa shape index (κ3) is 34.0. The Kier molecular flexibility index (Phi) is 35.3. The van der Waals surface area contributed by atoms with Crippen LogP contribution < -0.4 is 0 Å². The Morgan fingerprint density at radius 3 is 1.46 bits per heavy atom. The highest BCUT2D eigenvalue weighted by atomic mass is 16.6. The van der Waals surface area contributed by atoms with Crippen molar-refractivity contribution in [2.24, 2.45) is 0 Å². The summed E-state index contributed by atoms with van der Waals surface area (Å²) in [5.41, 5.74) is 0. The lowest BCUT2D eigenvalue weighted by Crippen LogP contribution is -2.31. The first kappa shape index (κ1) is 44.6. The van der Waals surface area contributed by atoms with E-state index in [2.05, 4.69) is 55.2 Å². The molecular formula is C42H79NO3. The van der Waals surface area contributed by atoms with E-state index in [9.17, 15) is 9.90 Å². The number of allylic oxidation sites excluding steroid dienone is 6. The van der Waals surface area contributed by atoms with E-state index in [1.807, 2.05) is 14.1 Å². The molecule has 0 saturated carbocycles. The Morgan fingerprint density at radius 2 is 0.978 bits per heavy atom. The molecule has 0 heterocycles. The van der Waals surface area contributed by atoms with Crippen molar-refractivity contribution < 1.29 is 14.6 Å². The van der Waals surface area contributed by atoms with Gasteiger partial charge in [-0.2, -0.15) is 0 Å². The lowest BCUT2D eigenvalue weighted by Gasteiger charge is -2.23. The van der Waals surface area contributed by atoms with Crippen LogP contribution in [0.4, 0.5) is 0 Å². The number of esters is 1. The minimum absolute atomic E-state index is 0.152. The number of rotatable bonds is 35. The number of carbonyl (C=O) groups is 1. The summed E-state index contributed by atoms with van der Waals surface area (Å²) in [6.45, 7) is 5.39. The molecule has 0 aromatic heterocycles. The normalized spacial score (nSPS) is 13.5. The molecule has 2 atom stereocenters. The van der Waals surface area contributed by atoms with Crippen molar-refractivity contribution in [2.45, 2.75) is 206 Å². The Labute approximate surface area is 287 Å². The smallest absolute Gasteiger partial charge is 0.306 e. The Balaban J connectivity index is 4.13. The van der Waals surface area contributed by atoms with Crippen LogP contribution in [0.3, 0.4) is 0 Å². The van der Waals surface area contributed by atoms with Gasteiger partial charge in [0.05, 0.1) is 6.10 Å². The third-order valence-electron chi connectivity index (χ3n) is 8.90. The van der Waals surface area contributed by atoms with Crippen molar-refractivity contribution in [3.8, 4) is 0 Å². The van der Waals surface area contributed by atoms with E-state index in [-0.39, 0.29) is 12.1 Å². The zero-order valence-corrected chi connectivity index (χ0v) is 31.3. The molecular weight excluding hydrogens is 566 g/mol. The SMILES string of the molecule is CCCCCC=CCC=CCCCCCCCC(OC(=O)CCCN(C)C)C(O)CCCCCCCCCCC=CCCCCC. The monoisotopic (exact) mass is 646 g/mol. The number of aliphatic hydroxyl groups is 1. The molecule has 0 amide bonds. The molecule has 46 heavy (non-hydrogen) atoms. The van der Waals surface area contributed by atoms with Gasteiger partial charge in [-0.25, -0.2) is 0 Å². The van der Waals surface area contributed by atoms with Crippen LogP contribution in [0, 0.1) is 0 Å². The first-order valence-electron chi connectivity index (χ1n) is 20.0. The molecule has 0 radical (unpaired) electrons. The van der Waals surface area contributed by atoms with Gasteiger partial charge >= 0.3 is 5.97 Å². The van der Waals surface area contributed by atoms with Gasteiger partial charge < -0.3 is 14.7 Å². The average molecular weight is 646 g/mol. The Bertz CT molecular complexity index is 714. The number of unbranched alkanes of at least 4 members (excludes halogenated alkanes) is 19. The molecule has 0 aliphatic heterocycles. The van der Waals surface area contributed by atoms with Crippen molar-refractivity contribution in [3.05, 3.63) is 36.5 Å². The van der Waals surface area contributed by atoms with Crippen molar-refractivity contribution in [1.82, 2.24) is 4.90 Å². The second-order valence-electron chi connectivity index (χ2n) is 13.9. The van der Waals surface area contributed by atoms with Gasteiger partial charge in [0, 0.05) is 6.42 Å². The quantitative estimate of drug-likeness (QED) is 0.0423. The molecule has 0 aromatic carbocycles. The van der Waals surface area contributed by atoms with E-state index in [0.29, 0.717) is 6.42 Å². The summed E-state index contributed by atoms with van der Waals surface area (Å²) < 4.78 is 5.86. The van der Waals surface area contributed by atoms with Crippen LogP contribution >= 0.6 is 0 Å². The van der Waals surface area contributed by atoms with Gasteiger partial charge in [-0.15, -0.1) is 0 Å². The molecule has 4 nitrogen and oxygen atoms in total. The molecule has 4 heteroatoms. The van der Waals surface area contributed by atoms with Crippen molar-refractivity contribution in [2.75, 3.05) is 20.6 Å². The van der Waals surface area contributed by atoms with Crippen LogP contribution in [0.5, 0.6) is 0 Å². The van der Waals surface area contributed by atoms with Gasteiger partial charge in [0.25, 0.3) is 0 Å². The molecule has 0 aromatic rings. The number of nitrogens with zero attached hydrogens (tertiary/aromatic N) is 1. The van der Waals surface area contributed by atoms with Gasteiger partial charge in [0.1, 0.15) is 6.10 Å². The minimum Gasteiger partial charge on any atom is -0.460 e. The average Bonchev–Trinajstić information content (AvgIpc) is 3.03. The lowest BCUT2D eigenvalue weighted by atomic mass is 9.99. The van der Waals surface area contributed by atoms with E-state index < -0.39 is 6.10 Å². The maximum Gasteiger partial charge on any atom is 0.306 e. The fourth-order valence-electron chi connectivity index (χ4n) is 5.86. The summed E-state index contributed by atoms with van der Waals surface area (Å²) in [6.07, 6.45) is 45.6. The van der Waals surface area contributed by atoms with E-state index in [0.717, 1.165) is 64.3 Å². The second kappa shape index (κ2) is 36.4. The zero-order chi connectivity index (χ0) is 33.8. The summed E-state index contributed by atoms with van der Waals surface area (Å²) in [6, 6.07) is 0. The summed E-state index contributed by atoms with van der Waals surface area (Å²) in [4.78, 5) is 14.6. The van der Waals surface area contributed by atoms with Crippen molar-refractivity contribution in [3.63, 3.8) is 0 Å². The molecule has 270 valence electrons. The van der Waals surface area contributed by atoms with Crippen LogP contribution in [0.15, 0.2) is 36.5 Å². The highest BCUT2D eigenvalue weighted by Gasteiger charge is 2.22. The van der Waals surface area contributed by atoms with E-state index in [4.69, 9.17) is 4.74 Å². The molecule has 0 bridgehead atoms. The molecule has 0 saturated heterocycles. The predicted molar refractivity (Wildman–Crippen MR) is 202 cm³/mol. The number of ether oxygens (including phenoxy) is 1. The lowest BCUT2D eigenvalue weighted by molar-refractivity contribution is -0.156. The number of hydrogen-bond donors (Lipinski definition) is 1. The molecule has 0 rings (SSSR count). The van der Waals surface area contributed by atoms with E-state index >= 15 is 0 Å². The largest absolute Gasteiger partial charge is 0.460 e. The van der Waals surface area contributed by atoms with Crippen LogP contribution in [-0.4, -0.2) is 48.8 Å². The maximum absolute atomic E-state index is 12.5. The highest BCUT2D eigenvalue weighted by Crippen LogP contribution is 2.19. The van der Waals surface area contributed by atoms with Gasteiger partial charge in [0.2, 0.25) is 0 Å². The van der Waals surface area contributed by atoms with Gasteiger partial charge in [-0.1, -0.05) is 140 Å². The number of hydrogen-bond acceptors (Lipinski definition) is 4. The summed E-state index contributed by atoms with van der Waals surface area (Å²) in [5.74, 6) is -0.152. The van der Waals surface area contributed by atoms with Gasteiger partial charge in [-0.3, -0.25) is 4.79 Å². The first-order valence-corrected chi connectivity index (χ1v) is 20.0. The fraction of sp³-hybridized carbons (Fsp3) is 0.833. The molecule has 0 fully saturated rings. The summed E-state index contributed by atoms with van der Waals surface area (Å²) in [7, 11) is 4.05. The standard InChI is InChI=1S/C42H79NO3/c1-5-7-9-11-13-15-17-19-21-23-25-27-29-31-33-36-40(44)41(46-42(45)38-35-39-43(3)4)37-34-32-30-28-26-24-22-20-18-16-14-12-10-8-6-2/h13-16,20,22,40-41,44H,5-12,17-19,21,23-39H2,1-4H3. The topological polar surface area (TPSA) is 49.8 Å². The molecule has 2 unspecified atom stereocenters. The predicted octanol–water partition coefficient (Wildman–Crippen LogP) is 12.5. The van der Waals surface area contributed by atoms with Crippen LogP contribution in [-0.2, 0) is 9.53 Å². The van der Waals surface area contributed by atoms with Crippen LogP contribution in [0.2, 0.25) is 0 Å². The van der Waals surface area contributed by atoms with Crippen molar-refractivity contribution >= 4 is 5.97 Å². The van der Waals surface area contributed by atoms with E-state index in [1.54, 1.807) is 0 Å². The number of aliphatic hydroxyl groups excluding tert-OH is 1. The third-order valence-corrected chi connectivity index (χ3v) is 8.90. The summed E-state index contributed by atoms with van der Waals surface area (Å²) >= 11 is 0. The van der Waals surface area contributed by atoms with Gasteiger partial charge in [-0.05, 0) is 104 Å². The zero-order valence-electron chi connectivity index (χ0n) is 31.3. The molecule has 0 spiro atoms. The Morgan fingerprint density at radius 1 is 0.565 bits per heavy atom. The van der Waals surface area contributed by atoms with Crippen LogP contribution in [0.1, 0.15) is 194 Å². The molecule has 1 N–H and O–H groups in total. The van der Waals surface area contributed by atoms with Crippen LogP contribution in [0.25, 0.3) is 0 Å². The van der Waals surface area contributed by atoms with Crippen molar-refractivity contribution in [1.29, 1.82) is 0 Å². The second-order valence-corrected chi connectivity index (χ2v) is 13.9. The summed E-state index contributed by atoms with van der Waals surface area (Å²) in [5, 5.41) is 11.0. The minimum atomic E-state index is -0.543. The first-order chi connectivity index (χ1) is 22.5. The molecule has 0 aliphatic carbocycles. The molecule has 0 aliphatic rings. The number of carbonyl (C=O) groups excluding carboxylic acids is 1. The Hall–Kier alpha value is -1.39. The maximum atomic E-state index is 12.5.